The van der Waals surface area contributed by atoms with Crippen LogP contribution in [0.2, 0.25) is 0 Å². The quantitative estimate of drug-likeness (QED) is 0.0902. The Morgan fingerprint density at radius 3 is 2.12 bits per heavy atom. The molecule has 0 saturated heterocycles. The van der Waals surface area contributed by atoms with E-state index in [2.05, 4.69) is 92.0 Å². The molecule has 3 heteroatoms. The van der Waals surface area contributed by atoms with Gasteiger partial charge in [0, 0.05) is 6.61 Å². The minimum Gasteiger partial charge on any atom is -0.377 e. The van der Waals surface area contributed by atoms with Crippen LogP contribution in [0.5, 0.6) is 0 Å². The summed E-state index contributed by atoms with van der Waals surface area (Å²) in [7, 11) is 0. The first kappa shape index (κ1) is 30.2. The Hall–Kier alpha value is -2.72. The third kappa shape index (κ3) is 8.64. The molecule has 4 rings (SSSR count). The van der Waals surface area contributed by atoms with Crippen molar-refractivity contribution in [2.24, 2.45) is 0 Å². The van der Waals surface area contributed by atoms with Gasteiger partial charge in [0.2, 0.25) is 0 Å². The molecule has 1 N–H and O–H groups in total. The second-order valence-electron chi connectivity index (χ2n) is 11.6. The number of ether oxygens (including phenoxy) is 1. The van der Waals surface area contributed by atoms with Crippen molar-refractivity contribution in [2.45, 2.75) is 103 Å². The molecule has 214 valence electrons. The van der Waals surface area contributed by atoms with Crippen molar-refractivity contribution in [2.75, 3.05) is 6.61 Å². The van der Waals surface area contributed by atoms with Gasteiger partial charge in [0.1, 0.15) is 6.10 Å². The summed E-state index contributed by atoms with van der Waals surface area (Å²) >= 11 is 0. The Labute approximate surface area is 242 Å². The number of benzene rings is 3. The van der Waals surface area contributed by atoms with Gasteiger partial charge in [-0.15, -0.1) is 6.58 Å². The van der Waals surface area contributed by atoms with E-state index < -0.39 is 0 Å². The van der Waals surface area contributed by atoms with Crippen LogP contribution in [0, 0.1) is 6.92 Å². The smallest absolute Gasteiger partial charge is 0.111 e. The fourth-order valence-electron chi connectivity index (χ4n) is 6.18. The van der Waals surface area contributed by atoms with E-state index in [4.69, 9.17) is 9.99 Å². The lowest BCUT2D eigenvalue weighted by Gasteiger charge is -2.29. The van der Waals surface area contributed by atoms with Crippen molar-refractivity contribution in [1.29, 1.82) is 0 Å². The summed E-state index contributed by atoms with van der Waals surface area (Å²) < 4.78 is 5.89. The molecule has 3 aromatic rings. The molecule has 1 unspecified atom stereocenters. The fraction of sp³-hybridized carbons (Fsp3) is 0.459. The average Bonchev–Trinajstić information content (AvgIpc) is 3.00. The monoisotopic (exact) mass is 540 g/mol. The van der Waals surface area contributed by atoms with Gasteiger partial charge in [0.05, 0.1) is 6.61 Å². The highest BCUT2D eigenvalue weighted by Gasteiger charge is 2.24. The van der Waals surface area contributed by atoms with Crippen LogP contribution in [0.1, 0.15) is 104 Å². The zero-order chi connectivity index (χ0) is 28.2. The Morgan fingerprint density at radius 1 is 0.850 bits per heavy atom. The van der Waals surface area contributed by atoms with Crippen molar-refractivity contribution in [3.05, 3.63) is 107 Å². The summed E-state index contributed by atoms with van der Waals surface area (Å²) in [5, 5.41) is 8.73. The lowest BCUT2D eigenvalue weighted by Crippen LogP contribution is -2.12. The second kappa shape index (κ2) is 15.9. The van der Waals surface area contributed by atoms with Crippen LogP contribution in [-0.2, 0) is 22.7 Å². The summed E-state index contributed by atoms with van der Waals surface area (Å²) in [6, 6.07) is 25.4. The van der Waals surface area contributed by atoms with Crippen molar-refractivity contribution in [3.8, 4) is 11.1 Å². The summed E-state index contributed by atoms with van der Waals surface area (Å²) in [6.07, 6.45) is 12.6. The highest BCUT2D eigenvalue weighted by Crippen LogP contribution is 2.41. The molecule has 40 heavy (non-hydrogen) atoms. The highest BCUT2D eigenvalue weighted by molar-refractivity contribution is 5.68. The summed E-state index contributed by atoms with van der Waals surface area (Å²) in [4.78, 5) is 4.34. The zero-order valence-electron chi connectivity index (χ0n) is 24.6. The van der Waals surface area contributed by atoms with E-state index in [0.717, 1.165) is 38.7 Å². The van der Waals surface area contributed by atoms with E-state index in [1.54, 1.807) is 6.08 Å². The van der Waals surface area contributed by atoms with Gasteiger partial charge >= 0.3 is 0 Å². The van der Waals surface area contributed by atoms with E-state index in [0.29, 0.717) is 18.4 Å². The fourth-order valence-corrected chi connectivity index (χ4v) is 6.18. The molecule has 1 fully saturated rings. The van der Waals surface area contributed by atoms with Crippen LogP contribution < -0.4 is 0 Å². The van der Waals surface area contributed by atoms with E-state index in [1.165, 1.54) is 71.0 Å². The number of unbranched alkanes of at least 4 members (excludes halogenated alkanes) is 2. The van der Waals surface area contributed by atoms with E-state index >= 15 is 0 Å². The van der Waals surface area contributed by atoms with E-state index in [1.807, 2.05) is 0 Å². The van der Waals surface area contributed by atoms with Gasteiger partial charge in [-0.05, 0) is 103 Å². The molecule has 1 saturated carbocycles. The van der Waals surface area contributed by atoms with Crippen LogP contribution in [0.4, 0.5) is 0 Å². The van der Waals surface area contributed by atoms with Crippen LogP contribution in [-0.4, -0.2) is 18.0 Å². The topological polar surface area (TPSA) is 38.7 Å². The summed E-state index contributed by atoms with van der Waals surface area (Å²) in [6.45, 7) is 9.59. The molecular formula is C37H48O3. The SMILES string of the molecule is C=CC(CCCCCOCc1ccc(C2CCC(c3ccc(-c4ccc(CCC)cc4)c(C)c3)CC2)cc1)OO. The summed E-state index contributed by atoms with van der Waals surface area (Å²) in [5.74, 6) is 1.33. The number of hydrogen-bond acceptors (Lipinski definition) is 3. The van der Waals surface area contributed by atoms with Crippen molar-refractivity contribution in [3.63, 3.8) is 0 Å². The molecule has 0 bridgehead atoms. The van der Waals surface area contributed by atoms with E-state index in [9.17, 15) is 0 Å². The standard InChI is InChI=1S/C37H48O3/c1-4-9-29-11-17-34(18-12-29)37-24-23-35(26-28(37)3)33-21-19-32(20-22-33)31-15-13-30(14-16-31)27-39-25-8-6-7-10-36(5-2)40-38/h5,11-18,23-24,26,32-33,36,38H,2,4,6-10,19-22,25,27H2,1,3H3. The van der Waals surface area contributed by atoms with Gasteiger partial charge in [-0.25, -0.2) is 4.89 Å². The predicted molar refractivity (Wildman–Crippen MR) is 167 cm³/mol. The normalized spacial score (nSPS) is 18.0. The maximum Gasteiger partial charge on any atom is 0.111 e. The Kier molecular flexibility index (Phi) is 12.0. The first-order valence-electron chi connectivity index (χ1n) is 15.4. The molecule has 1 aliphatic carbocycles. The maximum absolute atomic E-state index is 8.73. The summed E-state index contributed by atoms with van der Waals surface area (Å²) in [5.41, 5.74) is 9.73. The molecule has 3 aromatic carbocycles. The number of aryl methyl sites for hydroxylation is 2. The molecular weight excluding hydrogens is 492 g/mol. The van der Waals surface area contributed by atoms with Crippen LogP contribution >= 0.6 is 0 Å². The lowest BCUT2D eigenvalue weighted by molar-refractivity contribution is -0.267. The van der Waals surface area contributed by atoms with Crippen molar-refractivity contribution in [1.82, 2.24) is 0 Å². The molecule has 0 spiro atoms. The number of rotatable bonds is 15. The van der Waals surface area contributed by atoms with Crippen molar-refractivity contribution < 1.29 is 14.9 Å². The highest BCUT2D eigenvalue weighted by atomic mass is 17.1. The van der Waals surface area contributed by atoms with Gasteiger partial charge in [0.15, 0.2) is 0 Å². The van der Waals surface area contributed by atoms with Gasteiger partial charge in [-0.1, -0.05) is 99.0 Å². The van der Waals surface area contributed by atoms with Gasteiger partial charge in [-0.2, -0.15) is 0 Å². The molecule has 0 amide bonds. The third-order valence-electron chi connectivity index (χ3n) is 8.65. The lowest BCUT2D eigenvalue weighted by atomic mass is 9.75. The van der Waals surface area contributed by atoms with E-state index in [-0.39, 0.29) is 6.10 Å². The first-order chi connectivity index (χ1) is 19.6. The predicted octanol–water partition coefficient (Wildman–Crippen LogP) is 10.2. The minimum absolute atomic E-state index is 0.260. The Balaban J connectivity index is 1.20. The molecule has 0 aliphatic heterocycles. The molecule has 0 heterocycles. The van der Waals surface area contributed by atoms with Gasteiger partial charge < -0.3 is 4.74 Å². The van der Waals surface area contributed by atoms with Crippen molar-refractivity contribution >= 4 is 0 Å². The zero-order valence-corrected chi connectivity index (χ0v) is 24.6. The van der Waals surface area contributed by atoms with Crippen LogP contribution in [0.15, 0.2) is 79.4 Å². The Morgan fingerprint density at radius 2 is 1.50 bits per heavy atom. The largest absolute Gasteiger partial charge is 0.377 e. The van der Waals surface area contributed by atoms with Gasteiger partial charge in [-0.3, -0.25) is 5.26 Å². The minimum atomic E-state index is -0.260. The van der Waals surface area contributed by atoms with Crippen LogP contribution in [0.25, 0.3) is 11.1 Å². The molecule has 0 radical (unpaired) electrons. The first-order valence-corrected chi connectivity index (χ1v) is 15.4. The average molecular weight is 541 g/mol. The molecule has 3 nitrogen and oxygen atoms in total. The van der Waals surface area contributed by atoms with Crippen LogP contribution in [0.3, 0.4) is 0 Å². The molecule has 0 aromatic heterocycles. The second-order valence-corrected chi connectivity index (χ2v) is 11.6. The third-order valence-corrected chi connectivity index (χ3v) is 8.65. The Bertz CT molecular complexity index is 1160. The maximum atomic E-state index is 8.73. The number of hydrogen-bond donors (Lipinski definition) is 1. The molecule has 1 aliphatic rings. The molecule has 1 atom stereocenters. The van der Waals surface area contributed by atoms with Gasteiger partial charge in [0.25, 0.3) is 0 Å².